The highest BCUT2D eigenvalue weighted by atomic mass is 32.2. The van der Waals surface area contributed by atoms with E-state index < -0.39 is 143 Å². The van der Waals surface area contributed by atoms with Crippen molar-refractivity contribution in [1.29, 1.82) is 0 Å². The van der Waals surface area contributed by atoms with Crippen LogP contribution in [-0.2, 0) is 68.5 Å². The number of ether oxygens (including phenoxy) is 6. The van der Waals surface area contributed by atoms with E-state index >= 15 is 0 Å². The fraction of sp³-hybridized carbons (Fsp3) is 0.580. The third-order valence-electron chi connectivity index (χ3n) is 15.5. The second kappa shape index (κ2) is 20.4. The number of phenolic OH excluding ortho intramolecular Hbond substituents is 2. The van der Waals surface area contributed by atoms with Gasteiger partial charge in [-0.25, -0.2) is 4.79 Å². The summed E-state index contributed by atoms with van der Waals surface area (Å²) in [6, 6.07) is 3.63. The number of thioether (sulfide) groups is 1. The minimum Gasteiger partial charge on any atom is -0.507 e. The second-order valence-corrected chi connectivity index (χ2v) is 21.2. The molecule has 0 spiro atoms. The van der Waals surface area contributed by atoms with Crippen molar-refractivity contribution >= 4 is 64.7 Å². The van der Waals surface area contributed by atoms with Crippen LogP contribution < -0.4 is 4.74 Å². The van der Waals surface area contributed by atoms with Crippen molar-refractivity contribution in [1.82, 2.24) is 14.9 Å². The Morgan fingerprint density at radius 1 is 0.919 bits per heavy atom. The van der Waals surface area contributed by atoms with Crippen LogP contribution in [0.2, 0.25) is 0 Å². The topological polar surface area (TPSA) is 309 Å². The molecule has 4 N–H and O–H groups in total. The number of carbonyl (C=O) groups is 9. The third kappa shape index (κ3) is 9.20. The maximum Gasteiger partial charge on any atom is 0.336 e. The van der Waals surface area contributed by atoms with E-state index in [0.717, 1.165) is 11.8 Å². The Labute approximate surface area is 426 Å². The number of hydrogen-bond acceptors (Lipinski definition) is 22. The number of hydrogen-bond donors (Lipinski definition) is 4. The van der Waals surface area contributed by atoms with Crippen molar-refractivity contribution in [2.24, 2.45) is 11.8 Å². The lowest BCUT2D eigenvalue weighted by Crippen LogP contribution is -2.55. The van der Waals surface area contributed by atoms with Crippen LogP contribution in [-0.4, -0.2) is 175 Å². The Kier molecular flexibility index (Phi) is 14.3. The Balaban J connectivity index is 0.803. The minimum absolute atomic E-state index is 0.0169. The molecule has 24 heteroatoms. The van der Waals surface area contributed by atoms with Crippen LogP contribution in [0.5, 0.6) is 17.2 Å². The number of carbonyl (C=O) groups excluding carboxylic acids is 9. The van der Waals surface area contributed by atoms with Gasteiger partial charge in [0.1, 0.15) is 35.6 Å². The van der Waals surface area contributed by atoms with Crippen molar-refractivity contribution in [3.05, 3.63) is 51.6 Å². The van der Waals surface area contributed by atoms with Crippen molar-refractivity contribution in [3.63, 3.8) is 0 Å². The molecule has 9 atom stereocenters. The first-order valence-corrected chi connectivity index (χ1v) is 25.8. The van der Waals surface area contributed by atoms with Crippen LogP contribution in [0.3, 0.4) is 0 Å². The number of hydroxylamine groups is 2. The van der Waals surface area contributed by atoms with Gasteiger partial charge >= 0.3 is 11.9 Å². The van der Waals surface area contributed by atoms with Crippen molar-refractivity contribution < 1.29 is 96.8 Å². The number of esters is 1. The summed E-state index contributed by atoms with van der Waals surface area (Å²) < 4.78 is 35.9. The summed E-state index contributed by atoms with van der Waals surface area (Å²) in [6.07, 6.45) is -4.37. The monoisotopic (exact) mass is 1050 g/mol. The van der Waals surface area contributed by atoms with E-state index in [2.05, 4.69) is 4.90 Å². The molecule has 23 nitrogen and oxygen atoms in total. The first-order valence-electron chi connectivity index (χ1n) is 24.7. The number of methoxy groups -OCH3 is 1. The number of aromatic hydroxyl groups is 2. The zero-order valence-electron chi connectivity index (χ0n) is 40.4. The van der Waals surface area contributed by atoms with Crippen molar-refractivity contribution in [2.45, 2.75) is 132 Å². The number of fused-ring (bicyclic) bond motifs is 6. The average Bonchev–Trinajstić information content (AvgIpc) is 4.01. The fourth-order valence-corrected chi connectivity index (χ4v) is 12.8. The van der Waals surface area contributed by atoms with Crippen LogP contribution in [0, 0.1) is 11.8 Å². The molecule has 10 rings (SSSR count). The van der Waals surface area contributed by atoms with Gasteiger partial charge in [0, 0.05) is 87.2 Å². The maximum absolute atomic E-state index is 14.6. The molecule has 1 unspecified atom stereocenters. The molecular weight excluding hydrogens is 995 g/mol. The zero-order chi connectivity index (χ0) is 52.5. The number of imide groups is 2. The number of rotatable bonds is 14. The molecular formula is C50H55N3O20S. The maximum atomic E-state index is 14.6. The zero-order valence-corrected chi connectivity index (χ0v) is 41.2. The minimum atomic E-state index is -2.35. The molecule has 2 aromatic rings. The van der Waals surface area contributed by atoms with Gasteiger partial charge < -0.3 is 53.7 Å². The molecule has 2 aromatic carbocycles. The predicted octanol–water partition coefficient (Wildman–Crippen LogP) is 1.27. The number of phenols is 2. The molecule has 6 fully saturated rings. The van der Waals surface area contributed by atoms with E-state index in [9.17, 15) is 63.6 Å². The van der Waals surface area contributed by atoms with Gasteiger partial charge in [-0.1, -0.05) is 12.1 Å². The van der Waals surface area contributed by atoms with E-state index in [1.54, 1.807) is 6.92 Å². The highest BCUT2D eigenvalue weighted by Gasteiger charge is 2.55. The van der Waals surface area contributed by atoms with E-state index in [1.807, 2.05) is 0 Å². The number of ketones is 3. The lowest BCUT2D eigenvalue weighted by atomic mass is 9.72. The number of amides is 4. The number of aliphatic hydroxyl groups is 2. The van der Waals surface area contributed by atoms with Gasteiger partial charge in [-0.2, -0.15) is 0 Å². The van der Waals surface area contributed by atoms with Crippen LogP contribution in [0.25, 0.3) is 0 Å². The van der Waals surface area contributed by atoms with Crippen LogP contribution >= 0.6 is 11.8 Å². The summed E-state index contributed by atoms with van der Waals surface area (Å²) >= 11 is 1.08. The van der Waals surface area contributed by atoms with Gasteiger partial charge in [-0.05, 0) is 44.6 Å². The summed E-state index contributed by atoms with van der Waals surface area (Å²) in [6.45, 7) is 1.70. The molecule has 396 valence electrons. The molecule has 5 aliphatic heterocycles. The van der Waals surface area contributed by atoms with E-state index in [-0.39, 0.29) is 90.3 Å². The van der Waals surface area contributed by atoms with Gasteiger partial charge in [-0.15, -0.1) is 16.8 Å². The number of likely N-dealkylation sites (tertiary alicyclic amines) is 1. The molecule has 5 saturated heterocycles. The lowest BCUT2D eigenvalue weighted by Gasteiger charge is -2.43. The SMILES string of the molecule is CO[C@H]1OCCN2[C@@H]1O[C@@H]1[C@H](C)O[C@@H](O[C@H]3C[C@](O)(C(=O)CO)Cc4c(O)c5c(c(O)c43)C(=O)c3c(OC(=O)CCSC4CC(=O)N(CC6CCC(C(=O)ON7C(=O)CCC7=O)CC6)C4=O)cccc3C5=O)C[C@@H]12. The molecule has 74 heavy (non-hydrogen) atoms. The molecule has 1 saturated carbocycles. The number of benzene rings is 2. The number of Topliss-reactive ketones (excluding diaryl/α,β-unsaturated/α-hetero) is 1. The number of nitrogens with zero attached hydrogens (tertiary/aromatic N) is 3. The summed E-state index contributed by atoms with van der Waals surface area (Å²) in [4.78, 5) is 127. The van der Waals surface area contributed by atoms with E-state index in [4.69, 9.17) is 33.3 Å². The van der Waals surface area contributed by atoms with Crippen LogP contribution in [0.15, 0.2) is 18.2 Å². The summed E-state index contributed by atoms with van der Waals surface area (Å²) in [5.74, 6) is -8.94. The first-order chi connectivity index (χ1) is 35.4. The van der Waals surface area contributed by atoms with Gasteiger partial charge in [0.05, 0.1) is 53.1 Å². The van der Waals surface area contributed by atoms with Crippen molar-refractivity contribution in [2.75, 3.05) is 39.2 Å². The average molecular weight is 1050 g/mol. The first kappa shape index (κ1) is 51.8. The molecule has 0 bridgehead atoms. The molecule has 3 aliphatic carbocycles. The molecule has 8 aliphatic rings. The van der Waals surface area contributed by atoms with Crippen molar-refractivity contribution in [3.8, 4) is 17.2 Å². The number of morpholine rings is 1. The normalized spacial score (nSPS) is 31.7. The fourth-order valence-electron chi connectivity index (χ4n) is 11.7. The van der Waals surface area contributed by atoms with E-state index in [0.29, 0.717) is 43.9 Å². The van der Waals surface area contributed by atoms with Gasteiger partial charge in [0.2, 0.25) is 17.6 Å². The van der Waals surface area contributed by atoms with Gasteiger partial charge in [-0.3, -0.25) is 48.2 Å². The second-order valence-electron chi connectivity index (χ2n) is 19.9. The van der Waals surface area contributed by atoms with Crippen LogP contribution in [0.1, 0.15) is 120 Å². The van der Waals surface area contributed by atoms with Gasteiger partial charge in [0.15, 0.2) is 30.4 Å². The summed E-state index contributed by atoms with van der Waals surface area (Å²) in [5, 5.41) is 45.5. The predicted molar refractivity (Wildman–Crippen MR) is 248 cm³/mol. The van der Waals surface area contributed by atoms with Crippen LogP contribution in [0.4, 0.5) is 0 Å². The van der Waals surface area contributed by atoms with E-state index in [1.165, 1.54) is 30.2 Å². The van der Waals surface area contributed by atoms with Gasteiger partial charge in [0.25, 0.3) is 11.8 Å². The Morgan fingerprint density at radius 3 is 2.36 bits per heavy atom. The highest BCUT2D eigenvalue weighted by Crippen LogP contribution is 2.53. The summed E-state index contributed by atoms with van der Waals surface area (Å²) in [5.41, 5.74) is -4.74. The molecule has 0 radical (unpaired) electrons. The molecule has 4 amide bonds. The highest BCUT2D eigenvalue weighted by molar-refractivity contribution is 8.00. The lowest BCUT2D eigenvalue weighted by molar-refractivity contribution is -0.256. The largest absolute Gasteiger partial charge is 0.507 e. The molecule has 0 aromatic heterocycles. The third-order valence-corrected chi connectivity index (χ3v) is 16.7. The smallest absolute Gasteiger partial charge is 0.336 e. The quantitative estimate of drug-likeness (QED) is 0.0765. The standard InChI is InChI=1S/C50H55N3O20S/c1-22-45-27(51-13-14-68-49(67-2)47(51)72-45)16-36(69-22)71-29-19-50(66,31(55)21-54)18-26-38(29)44(63)40-39(42(26)61)41(60)25-4-3-5-28(37(25)43(40)62)70-35(59)12-15-74-30-17-34(58)52(46(30)64)20-23-6-8-24(9-7-23)48(65)73-53-32(56)10-11-33(53)57/h3-5,22-24,27,29-30,36,45,47,49,54,61,63,66H,6-21H2,1-2H3/t22-,23?,24?,27-,29-,30?,36-,45+,47+,49-,50-/m0/s1. The Hall–Kier alpha value is -5.70. The summed E-state index contributed by atoms with van der Waals surface area (Å²) in [7, 11) is 1.50. The molecule has 5 heterocycles. The Morgan fingerprint density at radius 2 is 1.65 bits per heavy atom. The Bertz CT molecular complexity index is 2710. The number of aliphatic hydroxyl groups excluding tert-OH is 1.